The van der Waals surface area contributed by atoms with E-state index in [0.29, 0.717) is 47.2 Å². The molecule has 0 saturated carbocycles. The van der Waals surface area contributed by atoms with E-state index in [1.54, 1.807) is 62.5 Å². The van der Waals surface area contributed by atoms with E-state index in [4.69, 9.17) is 0 Å². The minimum atomic E-state index is -0.725. The van der Waals surface area contributed by atoms with Crippen molar-refractivity contribution in [3.8, 4) is 0 Å². The van der Waals surface area contributed by atoms with E-state index in [1.165, 1.54) is 29.3 Å². The molecule has 0 radical (unpaired) electrons. The van der Waals surface area contributed by atoms with Crippen molar-refractivity contribution in [1.29, 1.82) is 0 Å². The van der Waals surface area contributed by atoms with Crippen molar-refractivity contribution in [2.24, 2.45) is 0 Å². The van der Waals surface area contributed by atoms with Crippen molar-refractivity contribution < 1.29 is 18.8 Å². The Kier molecular flexibility index (Phi) is 11.6. The lowest BCUT2D eigenvalue weighted by atomic mass is 10.2. The van der Waals surface area contributed by atoms with Gasteiger partial charge in [0, 0.05) is 55.5 Å². The SMILES string of the molecule is CCCNc1cc(Nc2cccc(F)c2)ncc1C(=O)Nc1cccc(NC(=O)[C@H](C)N(C)C(=O)C=CCN(C)C)c1. The Hall–Kier alpha value is -4.77. The van der Waals surface area contributed by atoms with Crippen LogP contribution in [0.15, 0.2) is 72.9 Å². The van der Waals surface area contributed by atoms with E-state index in [2.05, 4.69) is 26.3 Å². The van der Waals surface area contributed by atoms with Crippen molar-refractivity contribution in [3.05, 3.63) is 84.3 Å². The van der Waals surface area contributed by atoms with E-state index in [1.807, 2.05) is 25.9 Å². The predicted molar refractivity (Wildman–Crippen MR) is 166 cm³/mol. The van der Waals surface area contributed by atoms with Crippen molar-refractivity contribution in [1.82, 2.24) is 14.8 Å². The number of benzene rings is 2. The molecule has 0 aliphatic rings. The topological polar surface area (TPSA) is 119 Å². The Balaban J connectivity index is 1.69. The summed E-state index contributed by atoms with van der Waals surface area (Å²) in [6.07, 6.45) is 5.47. The zero-order chi connectivity index (χ0) is 30.6. The second kappa shape index (κ2) is 15.3. The van der Waals surface area contributed by atoms with Gasteiger partial charge in [-0.1, -0.05) is 25.1 Å². The molecule has 1 heterocycles. The third-order valence-electron chi connectivity index (χ3n) is 6.24. The zero-order valence-electron chi connectivity index (χ0n) is 24.6. The molecule has 0 aliphatic carbocycles. The maximum absolute atomic E-state index is 13.6. The minimum absolute atomic E-state index is 0.279. The Labute approximate surface area is 246 Å². The Morgan fingerprint density at radius 3 is 2.36 bits per heavy atom. The molecule has 1 aromatic heterocycles. The number of halogens is 1. The normalized spacial score (nSPS) is 11.7. The van der Waals surface area contributed by atoms with Gasteiger partial charge in [0.15, 0.2) is 0 Å². The molecule has 0 aliphatic heterocycles. The van der Waals surface area contributed by atoms with Gasteiger partial charge in [0.05, 0.1) is 11.3 Å². The molecule has 10 nitrogen and oxygen atoms in total. The number of hydrogen-bond acceptors (Lipinski definition) is 7. The molecule has 3 amide bonds. The van der Waals surface area contributed by atoms with Crippen LogP contribution in [0.5, 0.6) is 0 Å². The lowest BCUT2D eigenvalue weighted by Crippen LogP contribution is -2.42. The lowest BCUT2D eigenvalue weighted by Gasteiger charge is -2.23. The average Bonchev–Trinajstić information content (AvgIpc) is 2.95. The number of nitrogens with zero attached hydrogens (tertiary/aromatic N) is 3. The van der Waals surface area contributed by atoms with Crippen LogP contribution < -0.4 is 21.3 Å². The molecule has 11 heteroatoms. The zero-order valence-corrected chi connectivity index (χ0v) is 24.6. The molecule has 222 valence electrons. The van der Waals surface area contributed by atoms with Gasteiger partial charge in [0.25, 0.3) is 5.91 Å². The van der Waals surface area contributed by atoms with Gasteiger partial charge >= 0.3 is 0 Å². The highest BCUT2D eigenvalue weighted by Crippen LogP contribution is 2.24. The summed E-state index contributed by atoms with van der Waals surface area (Å²) in [4.78, 5) is 46.1. The van der Waals surface area contributed by atoms with Crippen LogP contribution in [0.25, 0.3) is 0 Å². The minimum Gasteiger partial charge on any atom is -0.384 e. The van der Waals surface area contributed by atoms with Crippen molar-refractivity contribution in [2.45, 2.75) is 26.3 Å². The van der Waals surface area contributed by atoms with Crippen LogP contribution in [0, 0.1) is 5.82 Å². The number of likely N-dealkylation sites (N-methyl/N-ethyl adjacent to an activating group) is 2. The van der Waals surface area contributed by atoms with E-state index < -0.39 is 11.9 Å². The third-order valence-corrected chi connectivity index (χ3v) is 6.24. The average molecular weight is 576 g/mol. The smallest absolute Gasteiger partial charge is 0.259 e. The summed E-state index contributed by atoms with van der Waals surface area (Å²) in [5.41, 5.74) is 2.34. The molecular formula is C31H38FN7O3. The van der Waals surface area contributed by atoms with Crippen LogP contribution in [-0.2, 0) is 9.59 Å². The van der Waals surface area contributed by atoms with Gasteiger partial charge in [0.2, 0.25) is 11.8 Å². The van der Waals surface area contributed by atoms with Gasteiger partial charge in [-0.3, -0.25) is 14.4 Å². The first kappa shape index (κ1) is 31.8. The van der Waals surface area contributed by atoms with Crippen LogP contribution in [0.3, 0.4) is 0 Å². The summed E-state index contributed by atoms with van der Waals surface area (Å²) >= 11 is 0. The Morgan fingerprint density at radius 2 is 1.67 bits per heavy atom. The standard InChI is InChI=1S/C31H38FN7O3/c1-6-15-33-27-19-28(35-23-11-7-10-22(32)17-23)34-20-26(27)31(42)37-25-13-8-12-24(18-25)36-30(41)21(2)39(5)29(40)14-9-16-38(3)4/h7-14,17-21H,6,15-16H2,1-5H3,(H,36,41)(H,37,42)(H2,33,34,35)/t21-/m0/s1. The molecule has 2 aromatic carbocycles. The van der Waals surface area contributed by atoms with Crippen LogP contribution in [0.4, 0.5) is 33.0 Å². The predicted octanol–water partition coefficient (Wildman–Crippen LogP) is 4.94. The lowest BCUT2D eigenvalue weighted by molar-refractivity contribution is -0.132. The summed E-state index contributed by atoms with van der Waals surface area (Å²) in [5.74, 6) is -0.969. The van der Waals surface area contributed by atoms with Crippen LogP contribution in [0.2, 0.25) is 0 Å². The number of nitrogens with one attached hydrogen (secondary N) is 4. The van der Waals surface area contributed by atoms with Gasteiger partial charge in [0.1, 0.15) is 17.7 Å². The molecule has 0 fully saturated rings. The van der Waals surface area contributed by atoms with Crippen LogP contribution in [0.1, 0.15) is 30.6 Å². The van der Waals surface area contributed by atoms with E-state index in [-0.39, 0.29) is 17.6 Å². The second-order valence-corrected chi connectivity index (χ2v) is 9.99. The number of carbonyl (C=O) groups excluding carboxylic acids is 3. The van der Waals surface area contributed by atoms with Gasteiger partial charge < -0.3 is 31.1 Å². The summed E-state index contributed by atoms with van der Waals surface area (Å²) in [7, 11) is 5.36. The summed E-state index contributed by atoms with van der Waals surface area (Å²) < 4.78 is 13.6. The van der Waals surface area contributed by atoms with Crippen molar-refractivity contribution >= 4 is 46.3 Å². The molecular weight excluding hydrogens is 537 g/mol. The second-order valence-electron chi connectivity index (χ2n) is 9.99. The van der Waals surface area contributed by atoms with E-state index in [0.717, 1.165) is 6.42 Å². The molecule has 0 saturated heterocycles. The first-order valence-electron chi connectivity index (χ1n) is 13.6. The molecule has 0 bridgehead atoms. The van der Waals surface area contributed by atoms with E-state index in [9.17, 15) is 18.8 Å². The molecule has 3 aromatic rings. The number of anilines is 5. The number of pyridine rings is 1. The van der Waals surface area contributed by atoms with Gasteiger partial charge in [-0.15, -0.1) is 0 Å². The monoisotopic (exact) mass is 575 g/mol. The largest absolute Gasteiger partial charge is 0.384 e. The number of rotatable bonds is 13. The highest BCUT2D eigenvalue weighted by atomic mass is 19.1. The number of aromatic nitrogens is 1. The summed E-state index contributed by atoms with van der Waals surface area (Å²) in [6, 6.07) is 13.7. The van der Waals surface area contributed by atoms with Gasteiger partial charge in [-0.05, 0) is 63.8 Å². The number of carbonyl (C=O) groups is 3. The fourth-order valence-corrected chi connectivity index (χ4v) is 3.79. The first-order chi connectivity index (χ1) is 20.1. The summed E-state index contributed by atoms with van der Waals surface area (Å²) in [6.45, 7) is 4.89. The molecule has 0 unspecified atom stereocenters. The van der Waals surface area contributed by atoms with Gasteiger partial charge in [-0.2, -0.15) is 0 Å². The molecule has 42 heavy (non-hydrogen) atoms. The third kappa shape index (κ3) is 9.41. The maximum atomic E-state index is 13.6. The van der Waals surface area contributed by atoms with Gasteiger partial charge in [-0.25, -0.2) is 9.37 Å². The van der Waals surface area contributed by atoms with Crippen molar-refractivity contribution in [3.63, 3.8) is 0 Å². The molecule has 1 atom stereocenters. The first-order valence-corrected chi connectivity index (χ1v) is 13.6. The Morgan fingerprint density at radius 1 is 0.976 bits per heavy atom. The summed E-state index contributed by atoms with van der Waals surface area (Å²) in [5, 5.41) is 11.9. The fourth-order valence-electron chi connectivity index (χ4n) is 3.79. The molecule has 3 rings (SSSR count). The number of hydrogen-bond donors (Lipinski definition) is 4. The highest BCUT2D eigenvalue weighted by molar-refractivity contribution is 6.08. The van der Waals surface area contributed by atoms with Crippen LogP contribution >= 0.6 is 0 Å². The highest BCUT2D eigenvalue weighted by Gasteiger charge is 2.21. The Bertz CT molecular complexity index is 1430. The maximum Gasteiger partial charge on any atom is 0.259 e. The van der Waals surface area contributed by atoms with E-state index >= 15 is 0 Å². The molecule has 4 N–H and O–H groups in total. The van der Waals surface area contributed by atoms with Crippen LogP contribution in [-0.4, -0.2) is 72.8 Å². The quantitative estimate of drug-likeness (QED) is 0.213. The fraction of sp³-hybridized carbons (Fsp3) is 0.290. The number of amides is 3. The molecule has 0 spiro atoms. The van der Waals surface area contributed by atoms with Crippen molar-refractivity contribution in [2.75, 3.05) is 55.5 Å².